The number of hydrogen-bond donors (Lipinski definition) is 2. The maximum atomic E-state index is 12.9. The number of aryl methyl sites for hydroxylation is 1. The van der Waals surface area contributed by atoms with Crippen molar-refractivity contribution < 1.29 is 4.79 Å². The van der Waals surface area contributed by atoms with Gasteiger partial charge in [-0.3, -0.25) is 4.79 Å². The number of carbonyl (C=O) groups is 1. The Morgan fingerprint density at radius 1 is 1.07 bits per heavy atom. The first kappa shape index (κ1) is 20.0. The van der Waals surface area contributed by atoms with E-state index in [1.165, 1.54) is 6.42 Å². The average molecular weight is 406 g/mol. The standard InChI is InChI=1S/C22H27N7O/c1-24-27-20(26-23)16-7-9-19(10-8-16)29-13-5-6-17-14-18(15-25-21(17)29)22(30)28-11-3-2-4-12-28/h7-10,14-15,23-24H,2-6,11-13H2,1H3/b26-23?,27-20-. The highest BCUT2D eigenvalue weighted by Gasteiger charge is 2.24. The van der Waals surface area contributed by atoms with Crippen molar-refractivity contribution in [2.45, 2.75) is 32.1 Å². The second-order valence-corrected chi connectivity index (χ2v) is 7.63. The second-order valence-electron chi connectivity index (χ2n) is 7.63. The normalized spacial score (nSPS) is 16.8. The van der Waals surface area contributed by atoms with Crippen molar-refractivity contribution in [3.8, 4) is 0 Å². The molecule has 0 bridgehead atoms. The average Bonchev–Trinajstić information content (AvgIpc) is 2.82. The molecule has 2 aliphatic rings. The fourth-order valence-electron chi connectivity index (χ4n) is 4.16. The molecule has 0 saturated carbocycles. The number of anilines is 2. The molecule has 4 rings (SSSR count). The first-order valence-corrected chi connectivity index (χ1v) is 10.5. The summed E-state index contributed by atoms with van der Waals surface area (Å²) >= 11 is 0. The van der Waals surface area contributed by atoms with Gasteiger partial charge in [0.25, 0.3) is 5.91 Å². The number of pyridine rings is 1. The lowest BCUT2D eigenvalue weighted by molar-refractivity contribution is 0.0724. The number of nitrogens with zero attached hydrogens (tertiary/aromatic N) is 5. The van der Waals surface area contributed by atoms with Crippen molar-refractivity contribution in [2.75, 3.05) is 31.6 Å². The van der Waals surface area contributed by atoms with Gasteiger partial charge in [0.2, 0.25) is 0 Å². The van der Waals surface area contributed by atoms with Crippen LogP contribution in [0.2, 0.25) is 0 Å². The number of piperidine rings is 1. The number of aromatic nitrogens is 1. The Balaban J connectivity index is 1.57. The second kappa shape index (κ2) is 9.02. The molecule has 1 saturated heterocycles. The molecule has 2 aromatic rings. The Morgan fingerprint density at radius 2 is 1.83 bits per heavy atom. The third-order valence-electron chi connectivity index (χ3n) is 5.68. The Hall–Kier alpha value is -3.29. The van der Waals surface area contributed by atoms with E-state index in [-0.39, 0.29) is 5.91 Å². The lowest BCUT2D eigenvalue weighted by Crippen LogP contribution is -2.36. The number of hydrogen-bond acceptors (Lipinski definition) is 6. The predicted octanol–water partition coefficient (Wildman–Crippen LogP) is 3.70. The van der Waals surface area contributed by atoms with Crippen molar-refractivity contribution >= 4 is 23.2 Å². The van der Waals surface area contributed by atoms with Gasteiger partial charge in [0.15, 0.2) is 5.84 Å². The Morgan fingerprint density at radius 3 is 2.53 bits per heavy atom. The molecule has 2 N–H and O–H groups in total. The SMILES string of the molecule is CN/N=C(\N=N)c1ccc(N2CCCc3cc(C(=O)N4CCCCC4)cnc32)cc1. The molecule has 1 aromatic heterocycles. The summed E-state index contributed by atoms with van der Waals surface area (Å²) in [4.78, 5) is 21.7. The van der Waals surface area contributed by atoms with E-state index in [9.17, 15) is 4.79 Å². The fourth-order valence-corrected chi connectivity index (χ4v) is 4.16. The first-order chi connectivity index (χ1) is 14.7. The van der Waals surface area contributed by atoms with Crippen LogP contribution in [0.1, 0.15) is 47.2 Å². The van der Waals surface area contributed by atoms with Crippen molar-refractivity contribution in [3.63, 3.8) is 0 Å². The van der Waals surface area contributed by atoms with Gasteiger partial charge >= 0.3 is 0 Å². The molecule has 156 valence electrons. The van der Waals surface area contributed by atoms with Crippen LogP contribution in [0.15, 0.2) is 46.7 Å². The van der Waals surface area contributed by atoms with Crippen LogP contribution in [-0.4, -0.2) is 48.3 Å². The first-order valence-electron chi connectivity index (χ1n) is 10.5. The van der Waals surface area contributed by atoms with Gasteiger partial charge in [0.1, 0.15) is 5.82 Å². The number of carbonyl (C=O) groups excluding carboxylic acids is 1. The van der Waals surface area contributed by atoms with Crippen molar-refractivity contribution in [1.82, 2.24) is 15.3 Å². The van der Waals surface area contributed by atoms with E-state index in [1.54, 1.807) is 13.2 Å². The predicted molar refractivity (Wildman–Crippen MR) is 117 cm³/mol. The zero-order valence-corrected chi connectivity index (χ0v) is 17.3. The summed E-state index contributed by atoms with van der Waals surface area (Å²) in [6.45, 7) is 2.56. The minimum Gasteiger partial charge on any atom is -0.339 e. The molecule has 0 spiro atoms. The number of nitrogens with one attached hydrogen (secondary N) is 2. The number of amidine groups is 1. The van der Waals surface area contributed by atoms with Crippen LogP contribution in [0.3, 0.4) is 0 Å². The van der Waals surface area contributed by atoms with E-state index in [2.05, 4.69) is 20.5 Å². The topological polar surface area (TPSA) is 97.0 Å². The van der Waals surface area contributed by atoms with Crippen LogP contribution in [0.4, 0.5) is 11.5 Å². The largest absolute Gasteiger partial charge is 0.339 e. The molecular formula is C22H27N7O. The smallest absolute Gasteiger partial charge is 0.255 e. The maximum absolute atomic E-state index is 12.9. The summed E-state index contributed by atoms with van der Waals surface area (Å²) < 4.78 is 0. The number of likely N-dealkylation sites (tertiary alicyclic amines) is 1. The van der Waals surface area contributed by atoms with E-state index < -0.39 is 0 Å². The number of hydrazone groups is 1. The zero-order chi connectivity index (χ0) is 20.9. The molecule has 0 aliphatic carbocycles. The van der Waals surface area contributed by atoms with Crippen LogP contribution in [-0.2, 0) is 6.42 Å². The Bertz CT molecular complexity index is 948. The number of benzene rings is 1. The van der Waals surface area contributed by atoms with Crippen LogP contribution < -0.4 is 10.3 Å². The van der Waals surface area contributed by atoms with Gasteiger partial charge in [-0.2, -0.15) is 5.10 Å². The van der Waals surface area contributed by atoms with Gasteiger partial charge in [-0.15, -0.1) is 5.11 Å². The van der Waals surface area contributed by atoms with Crippen molar-refractivity contribution in [3.05, 3.63) is 53.2 Å². The Kier molecular flexibility index (Phi) is 6.02. The van der Waals surface area contributed by atoms with E-state index >= 15 is 0 Å². The molecular weight excluding hydrogens is 378 g/mol. The molecule has 1 amide bonds. The molecule has 30 heavy (non-hydrogen) atoms. The summed E-state index contributed by atoms with van der Waals surface area (Å²) in [5, 5.41) is 7.47. The van der Waals surface area contributed by atoms with Gasteiger partial charge < -0.3 is 15.2 Å². The van der Waals surface area contributed by atoms with Crippen molar-refractivity contribution in [2.24, 2.45) is 10.2 Å². The summed E-state index contributed by atoms with van der Waals surface area (Å²) in [7, 11) is 1.68. The number of rotatable bonds is 4. The summed E-state index contributed by atoms with van der Waals surface area (Å²) in [5.41, 5.74) is 13.6. The van der Waals surface area contributed by atoms with E-state index in [0.717, 1.165) is 67.9 Å². The van der Waals surface area contributed by atoms with Gasteiger partial charge in [-0.25, -0.2) is 10.5 Å². The fraction of sp³-hybridized carbons (Fsp3) is 0.409. The quantitative estimate of drug-likeness (QED) is 0.351. The molecule has 3 heterocycles. The highest BCUT2D eigenvalue weighted by atomic mass is 16.2. The van der Waals surface area contributed by atoms with Crippen LogP contribution in [0, 0.1) is 5.53 Å². The van der Waals surface area contributed by atoms with Gasteiger partial charge in [-0.1, -0.05) is 0 Å². The third-order valence-corrected chi connectivity index (χ3v) is 5.68. The van der Waals surface area contributed by atoms with E-state index in [1.807, 2.05) is 35.2 Å². The minimum atomic E-state index is 0.0990. The van der Waals surface area contributed by atoms with Crippen molar-refractivity contribution in [1.29, 1.82) is 5.53 Å². The van der Waals surface area contributed by atoms with Gasteiger partial charge in [0.05, 0.1) is 5.56 Å². The highest BCUT2D eigenvalue weighted by Crippen LogP contribution is 2.32. The van der Waals surface area contributed by atoms with E-state index in [0.29, 0.717) is 11.4 Å². The maximum Gasteiger partial charge on any atom is 0.255 e. The minimum absolute atomic E-state index is 0.0990. The molecule has 8 nitrogen and oxygen atoms in total. The lowest BCUT2D eigenvalue weighted by Gasteiger charge is -2.31. The Labute approximate surface area is 176 Å². The number of fused-ring (bicyclic) bond motifs is 1. The van der Waals surface area contributed by atoms with Crippen LogP contribution >= 0.6 is 0 Å². The molecule has 0 radical (unpaired) electrons. The lowest BCUT2D eigenvalue weighted by atomic mass is 10.0. The molecule has 0 atom stereocenters. The molecule has 8 heteroatoms. The van der Waals surface area contributed by atoms with Gasteiger partial charge in [-0.05, 0) is 68.0 Å². The monoisotopic (exact) mass is 405 g/mol. The van der Waals surface area contributed by atoms with Crippen LogP contribution in [0.25, 0.3) is 0 Å². The third kappa shape index (κ3) is 4.03. The van der Waals surface area contributed by atoms with Gasteiger partial charge in [0, 0.05) is 44.1 Å². The summed E-state index contributed by atoms with van der Waals surface area (Å²) in [5.74, 6) is 1.35. The molecule has 1 fully saturated rings. The molecule has 2 aliphatic heterocycles. The highest BCUT2D eigenvalue weighted by molar-refractivity contribution is 5.99. The van der Waals surface area contributed by atoms with Crippen LogP contribution in [0.5, 0.6) is 0 Å². The molecule has 0 unspecified atom stereocenters. The summed E-state index contributed by atoms with van der Waals surface area (Å²) in [6, 6.07) is 9.83. The summed E-state index contributed by atoms with van der Waals surface area (Å²) in [6.07, 6.45) is 7.03. The van der Waals surface area contributed by atoms with E-state index in [4.69, 9.17) is 10.5 Å². The number of amides is 1. The zero-order valence-electron chi connectivity index (χ0n) is 17.3. The molecule has 1 aromatic carbocycles.